The highest BCUT2D eigenvalue weighted by Crippen LogP contribution is 2.43. The van der Waals surface area contributed by atoms with Crippen LogP contribution in [0.25, 0.3) is 21.2 Å². The Hall–Kier alpha value is -2.80. The van der Waals surface area contributed by atoms with Crippen LogP contribution in [0.5, 0.6) is 0 Å². The van der Waals surface area contributed by atoms with Crippen molar-refractivity contribution in [3.05, 3.63) is 58.5 Å². The predicted molar refractivity (Wildman–Crippen MR) is 94.9 cm³/mol. The first-order chi connectivity index (χ1) is 12.5. The van der Waals surface area contributed by atoms with Crippen LogP contribution in [-0.4, -0.2) is 26.2 Å². The van der Waals surface area contributed by atoms with Gasteiger partial charge in [-0.15, -0.1) is 11.3 Å². The number of thiophene rings is 1. The molecule has 0 spiro atoms. The normalized spacial score (nSPS) is 11.0. The zero-order chi connectivity index (χ0) is 18.8. The molecule has 0 saturated carbocycles. The number of carbonyl (C=O) groups excluding carboxylic acids is 2. The van der Waals surface area contributed by atoms with E-state index in [4.69, 9.17) is 9.47 Å². The predicted octanol–water partition coefficient (Wildman–Crippen LogP) is 5.08. The summed E-state index contributed by atoms with van der Waals surface area (Å²) in [6.45, 7) is 0. The van der Waals surface area contributed by atoms with Crippen LogP contribution in [0.2, 0.25) is 0 Å². The van der Waals surface area contributed by atoms with Gasteiger partial charge in [-0.3, -0.25) is 0 Å². The smallest absolute Gasteiger partial charge is 0.337 e. The summed E-state index contributed by atoms with van der Waals surface area (Å²) < 4.78 is 37.4. The number of fused-ring (bicyclic) bond motifs is 1. The fourth-order valence-electron chi connectivity index (χ4n) is 2.76. The Kier molecular flexibility index (Phi) is 4.99. The third-order valence-corrected chi connectivity index (χ3v) is 5.06. The second-order valence-electron chi connectivity index (χ2n) is 5.42. The molecule has 26 heavy (non-hydrogen) atoms. The molecule has 0 radical (unpaired) electrons. The molecule has 3 aromatic rings. The van der Waals surface area contributed by atoms with Crippen molar-refractivity contribution in [2.75, 3.05) is 14.2 Å². The van der Waals surface area contributed by atoms with Crippen LogP contribution in [0.1, 0.15) is 32.0 Å². The molecule has 3 rings (SSSR count). The van der Waals surface area contributed by atoms with E-state index in [0.717, 1.165) is 11.3 Å². The molecule has 0 atom stereocenters. The topological polar surface area (TPSA) is 52.6 Å². The van der Waals surface area contributed by atoms with Crippen molar-refractivity contribution in [3.8, 4) is 11.1 Å². The molecule has 0 aliphatic carbocycles. The zero-order valence-corrected chi connectivity index (χ0v) is 14.7. The Labute approximate surface area is 152 Å². The molecule has 1 aromatic heterocycles. The number of hydrogen-bond donors (Lipinski definition) is 0. The molecule has 0 bridgehead atoms. The molecule has 0 amide bonds. The standard InChI is InChI=1S/C19H14F2O4S/c1-24-18(22)11-7-10(8-12(9-11)19(23)25-2)15-13-5-3-4-6-14(13)26-16(15)17(20)21/h3-9,17H,1-2H3. The van der Waals surface area contributed by atoms with Crippen molar-refractivity contribution < 1.29 is 27.8 Å². The van der Waals surface area contributed by atoms with Gasteiger partial charge in [0.25, 0.3) is 6.43 Å². The Balaban J connectivity index is 2.32. The molecule has 1 heterocycles. The Morgan fingerprint density at radius 3 is 2.08 bits per heavy atom. The minimum Gasteiger partial charge on any atom is -0.465 e. The molecule has 0 aliphatic heterocycles. The maximum atomic E-state index is 13.6. The number of ether oxygens (including phenoxy) is 2. The summed E-state index contributed by atoms with van der Waals surface area (Å²) in [5.41, 5.74) is 0.805. The molecule has 0 aliphatic rings. The molecular weight excluding hydrogens is 362 g/mol. The minimum atomic E-state index is -2.69. The van der Waals surface area contributed by atoms with Crippen LogP contribution in [0, 0.1) is 0 Å². The van der Waals surface area contributed by atoms with E-state index in [1.54, 1.807) is 24.3 Å². The van der Waals surface area contributed by atoms with Crippen molar-refractivity contribution in [1.82, 2.24) is 0 Å². The van der Waals surface area contributed by atoms with Crippen LogP contribution in [-0.2, 0) is 9.47 Å². The lowest BCUT2D eigenvalue weighted by molar-refractivity contribution is 0.0599. The van der Waals surface area contributed by atoms with Gasteiger partial charge in [0.1, 0.15) is 0 Å². The quantitative estimate of drug-likeness (QED) is 0.596. The summed E-state index contributed by atoms with van der Waals surface area (Å²) >= 11 is 0.984. The van der Waals surface area contributed by atoms with Crippen molar-refractivity contribution in [1.29, 1.82) is 0 Å². The number of hydrogen-bond acceptors (Lipinski definition) is 5. The first kappa shape index (κ1) is 18.0. The maximum Gasteiger partial charge on any atom is 0.337 e. The highest BCUT2D eigenvalue weighted by Gasteiger charge is 2.23. The highest BCUT2D eigenvalue weighted by molar-refractivity contribution is 7.19. The van der Waals surface area contributed by atoms with Crippen LogP contribution in [0.4, 0.5) is 8.78 Å². The van der Waals surface area contributed by atoms with Gasteiger partial charge in [-0.05, 0) is 29.8 Å². The third-order valence-electron chi connectivity index (χ3n) is 3.88. The fourth-order valence-corrected chi connectivity index (χ4v) is 3.84. The van der Waals surface area contributed by atoms with Crippen molar-refractivity contribution >= 4 is 33.4 Å². The van der Waals surface area contributed by atoms with Gasteiger partial charge in [0.2, 0.25) is 0 Å². The lowest BCUT2D eigenvalue weighted by Crippen LogP contribution is -2.07. The summed E-state index contributed by atoms with van der Waals surface area (Å²) in [5, 5.41) is 0.630. The van der Waals surface area contributed by atoms with E-state index in [-0.39, 0.29) is 16.0 Å². The number of alkyl halides is 2. The average Bonchev–Trinajstić information content (AvgIpc) is 3.06. The second-order valence-corrected chi connectivity index (χ2v) is 6.50. The van der Waals surface area contributed by atoms with Crippen LogP contribution in [0.15, 0.2) is 42.5 Å². The average molecular weight is 376 g/mol. The number of halogens is 2. The molecule has 7 heteroatoms. The monoisotopic (exact) mass is 376 g/mol. The van der Waals surface area contributed by atoms with Gasteiger partial charge in [0.05, 0.1) is 30.2 Å². The Morgan fingerprint density at radius 2 is 1.54 bits per heavy atom. The molecule has 4 nitrogen and oxygen atoms in total. The Bertz CT molecular complexity index is 960. The van der Waals surface area contributed by atoms with Gasteiger partial charge in [-0.1, -0.05) is 18.2 Å². The van der Waals surface area contributed by atoms with Crippen LogP contribution >= 0.6 is 11.3 Å². The van der Waals surface area contributed by atoms with E-state index in [1.165, 1.54) is 32.4 Å². The summed E-state index contributed by atoms with van der Waals surface area (Å²) in [5.74, 6) is -1.34. The minimum absolute atomic E-state index is 0.0842. The number of rotatable bonds is 4. The molecule has 2 aromatic carbocycles. The lowest BCUT2D eigenvalue weighted by atomic mass is 9.97. The number of benzene rings is 2. The lowest BCUT2D eigenvalue weighted by Gasteiger charge is -2.10. The molecule has 0 saturated heterocycles. The summed E-state index contributed by atoms with van der Waals surface area (Å²) in [4.78, 5) is 23.8. The van der Waals surface area contributed by atoms with E-state index < -0.39 is 18.4 Å². The van der Waals surface area contributed by atoms with E-state index in [1.807, 2.05) is 0 Å². The summed E-state index contributed by atoms with van der Waals surface area (Å²) in [6.07, 6.45) is -2.69. The van der Waals surface area contributed by atoms with Crippen LogP contribution < -0.4 is 0 Å². The largest absolute Gasteiger partial charge is 0.465 e. The number of carbonyl (C=O) groups is 2. The number of methoxy groups -OCH3 is 2. The van der Waals surface area contributed by atoms with Crippen molar-refractivity contribution in [2.45, 2.75) is 6.43 Å². The Morgan fingerprint density at radius 1 is 0.962 bits per heavy atom. The maximum absolute atomic E-state index is 13.6. The first-order valence-electron chi connectivity index (χ1n) is 7.58. The molecule has 0 fully saturated rings. The van der Waals surface area contributed by atoms with Gasteiger partial charge < -0.3 is 9.47 Å². The van der Waals surface area contributed by atoms with Gasteiger partial charge in [-0.25, -0.2) is 18.4 Å². The molecule has 0 unspecified atom stereocenters. The molecule has 134 valence electrons. The van der Waals surface area contributed by atoms with Gasteiger partial charge in [0, 0.05) is 15.6 Å². The van der Waals surface area contributed by atoms with E-state index in [0.29, 0.717) is 21.2 Å². The highest BCUT2D eigenvalue weighted by atomic mass is 32.1. The molecular formula is C19H14F2O4S. The first-order valence-corrected chi connectivity index (χ1v) is 8.39. The van der Waals surface area contributed by atoms with Gasteiger partial charge in [-0.2, -0.15) is 0 Å². The SMILES string of the molecule is COC(=O)c1cc(C(=O)OC)cc(-c2c(C(F)F)sc3ccccc23)c1. The van der Waals surface area contributed by atoms with Gasteiger partial charge in [0.15, 0.2) is 0 Å². The molecule has 0 N–H and O–H groups in total. The third kappa shape index (κ3) is 3.17. The second kappa shape index (κ2) is 7.21. The zero-order valence-electron chi connectivity index (χ0n) is 13.9. The van der Waals surface area contributed by atoms with Gasteiger partial charge >= 0.3 is 11.9 Å². The van der Waals surface area contributed by atoms with Crippen molar-refractivity contribution in [3.63, 3.8) is 0 Å². The van der Waals surface area contributed by atoms with E-state index in [2.05, 4.69) is 0 Å². The fraction of sp³-hybridized carbons (Fsp3) is 0.158. The van der Waals surface area contributed by atoms with E-state index in [9.17, 15) is 18.4 Å². The summed E-state index contributed by atoms with van der Waals surface area (Å²) in [6, 6.07) is 11.2. The van der Waals surface area contributed by atoms with E-state index >= 15 is 0 Å². The summed E-state index contributed by atoms with van der Waals surface area (Å²) in [7, 11) is 2.41. The van der Waals surface area contributed by atoms with Crippen molar-refractivity contribution in [2.24, 2.45) is 0 Å². The van der Waals surface area contributed by atoms with Crippen LogP contribution in [0.3, 0.4) is 0 Å². The number of esters is 2.